The van der Waals surface area contributed by atoms with Crippen molar-refractivity contribution in [3.63, 3.8) is 0 Å². The number of amides is 2. The van der Waals surface area contributed by atoms with Crippen molar-refractivity contribution < 1.29 is 28.5 Å². The van der Waals surface area contributed by atoms with E-state index in [9.17, 15) is 9.59 Å². The molecule has 2 aliphatic heterocycles. The summed E-state index contributed by atoms with van der Waals surface area (Å²) in [6.45, 7) is 5.16. The minimum absolute atomic E-state index is 0. The normalized spacial score (nSPS) is 18.1. The lowest BCUT2D eigenvalue weighted by Crippen LogP contribution is -2.42. The van der Waals surface area contributed by atoms with E-state index >= 15 is 0 Å². The highest BCUT2D eigenvalue weighted by Crippen LogP contribution is 2.37. The number of benzene rings is 2. The van der Waals surface area contributed by atoms with Gasteiger partial charge < -0.3 is 34.1 Å². The topological polar surface area (TPSA) is 89.6 Å². The quantitative estimate of drug-likeness (QED) is 0.497. The second-order valence-electron chi connectivity index (χ2n) is 10.0. The summed E-state index contributed by atoms with van der Waals surface area (Å²) in [5.74, 6) is 2.66. The monoisotopic (exact) mass is 559 g/mol. The molecule has 0 spiro atoms. The van der Waals surface area contributed by atoms with Crippen LogP contribution in [0.4, 0.5) is 4.79 Å². The Labute approximate surface area is 236 Å². The van der Waals surface area contributed by atoms with Gasteiger partial charge in [-0.3, -0.25) is 4.79 Å². The van der Waals surface area contributed by atoms with Crippen LogP contribution in [0, 0.1) is 0 Å². The van der Waals surface area contributed by atoms with Gasteiger partial charge in [-0.25, -0.2) is 4.79 Å². The van der Waals surface area contributed by atoms with Crippen molar-refractivity contribution in [2.45, 2.75) is 31.6 Å². The first-order valence-electron chi connectivity index (χ1n) is 13.4. The maximum atomic E-state index is 12.9. The van der Waals surface area contributed by atoms with Crippen LogP contribution in [0.3, 0.4) is 0 Å². The number of rotatable bonds is 8. The zero-order valence-electron chi connectivity index (χ0n) is 22.7. The summed E-state index contributed by atoms with van der Waals surface area (Å²) in [5, 5.41) is 3.47. The van der Waals surface area contributed by atoms with Crippen molar-refractivity contribution in [1.82, 2.24) is 15.1 Å². The van der Waals surface area contributed by atoms with Crippen LogP contribution in [0.25, 0.3) is 0 Å². The molecule has 2 amide bonds. The molecule has 5 rings (SSSR count). The molecule has 10 heteroatoms. The molecular weight excluding hydrogens is 522 g/mol. The number of carbonyl (C=O) groups excluding carboxylic acids is 2. The van der Waals surface area contributed by atoms with Gasteiger partial charge in [-0.05, 0) is 65.8 Å². The predicted molar refractivity (Wildman–Crippen MR) is 150 cm³/mol. The van der Waals surface area contributed by atoms with E-state index in [0.29, 0.717) is 50.9 Å². The molecule has 3 aliphatic rings. The van der Waals surface area contributed by atoms with Crippen LogP contribution in [-0.2, 0) is 28.8 Å². The molecule has 1 aliphatic carbocycles. The summed E-state index contributed by atoms with van der Waals surface area (Å²) >= 11 is 0. The van der Waals surface area contributed by atoms with Crippen molar-refractivity contribution in [3.05, 3.63) is 52.6 Å². The largest absolute Gasteiger partial charge is 0.493 e. The van der Waals surface area contributed by atoms with Crippen LogP contribution in [-0.4, -0.2) is 88.5 Å². The number of nitrogens with zero attached hydrogens (tertiary/aromatic N) is 2. The molecule has 0 bridgehead atoms. The Hall–Kier alpha value is -3.01. The van der Waals surface area contributed by atoms with Crippen LogP contribution >= 0.6 is 12.4 Å². The van der Waals surface area contributed by atoms with Crippen molar-refractivity contribution >= 4 is 24.4 Å². The van der Waals surface area contributed by atoms with E-state index in [2.05, 4.69) is 11.4 Å². The molecule has 1 atom stereocenters. The molecule has 0 radical (unpaired) electrons. The lowest BCUT2D eigenvalue weighted by atomic mass is 9.77. The van der Waals surface area contributed by atoms with Gasteiger partial charge in [0.1, 0.15) is 5.75 Å². The number of halogens is 1. The summed E-state index contributed by atoms with van der Waals surface area (Å²) < 4.78 is 21.7. The number of ether oxygens (including phenoxy) is 4. The van der Waals surface area contributed by atoms with Crippen molar-refractivity contribution in [2.75, 3.05) is 66.7 Å². The zero-order valence-corrected chi connectivity index (χ0v) is 23.5. The predicted octanol–water partition coefficient (Wildman–Crippen LogP) is 3.20. The summed E-state index contributed by atoms with van der Waals surface area (Å²) in [5.41, 5.74) is 4.95. The second-order valence-corrected chi connectivity index (χ2v) is 10.0. The SMILES string of the molecule is COc1cc2c(cc1OC)CCN(C(=O)CCNCC1Cc3cc(OC(=O)N4CCOCC4)ccc31)CC2.Cl. The first-order valence-corrected chi connectivity index (χ1v) is 13.4. The molecule has 0 aromatic heterocycles. The fourth-order valence-electron chi connectivity index (χ4n) is 5.49. The Bertz CT molecular complexity index is 1130. The highest BCUT2D eigenvalue weighted by atomic mass is 35.5. The third-order valence-electron chi connectivity index (χ3n) is 7.76. The van der Waals surface area contributed by atoms with E-state index < -0.39 is 0 Å². The number of fused-ring (bicyclic) bond motifs is 2. The van der Waals surface area contributed by atoms with Crippen LogP contribution in [0.15, 0.2) is 30.3 Å². The van der Waals surface area contributed by atoms with Crippen molar-refractivity contribution in [2.24, 2.45) is 0 Å². The minimum Gasteiger partial charge on any atom is -0.493 e. The number of carbonyl (C=O) groups is 2. The third kappa shape index (κ3) is 6.77. The van der Waals surface area contributed by atoms with Gasteiger partial charge >= 0.3 is 6.09 Å². The lowest BCUT2D eigenvalue weighted by molar-refractivity contribution is -0.131. The number of hydrogen-bond acceptors (Lipinski definition) is 7. The van der Waals surface area contributed by atoms with Gasteiger partial charge in [0.15, 0.2) is 11.5 Å². The van der Waals surface area contributed by atoms with Gasteiger partial charge in [-0.2, -0.15) is 0 Å². The second kappa shape index (κ2) is 13.4. The number of nitrogens with one attached hydrogen (secondary N) is 1. The summed E-state index contributed by atoms with van der Waals surface area (Å²) in [4.78, 5) is 28.9. The minimum atomic E-state index is -0.316. The lowest BCUT2D eigenvalue weighted by Gasteiger charge is -2.31. The van der Waals surface area contributed by atoms with Gasteiger partial charge in [0.2, 0.25) is 5.91 Å². The Kier molecular flexibility index (Phi) is 9.94. The van der Waals surface area contributed by atoms with Gasteiger partial charge in [0.05, 0.1) is 27.4 Å². The Balaban J connectivity index is 0.00000353. The van der Waals surface area contributed by atoms with Crippen molar-refractivity contribution in [1.29, 1.82) is 0 Å². The van der Waals surface area contributed by atoms with Crippen LogP contribution in [0.2, 0.25) is 0 Å². The fraction of sp³-hybridized carbons (Fsp3) is 0.517. The molecule has 1 saturated heterocycles. The average Bonchev–Trinajstić information content (AvgIpc) is 3.15. The molecule has 212 valence electrons. The summed E-state index contributed by atoms with van der Waals surface area (Å²) in [7, 11) is 3.29. The first-order chi connectivity index (χ1) is 18.6. The Morgan fingerprint density at radius 3 is 2.21 bits per heavy atom. The van der Waals surface area contributed by atoms with Gasteiger partial charge in [0.25, 0.3) is 0 Å². The number of morpholine rings is 1. The van der Waals surface area contributed by atoms with Crippen LogP contribution in [0.5, 0.6) is 17.2 Å². The average molecular weight is 560 g/mol. The van der Waals surface area contributed by atoms with E-state index in [4.69, 9.17) is 18.9 Å². The smallest absolute Gasteiger partial charge is 0.415 e. The van der Waals surface area contributed by atoms with Gasteiger partial charge in [-0.15, -0.1) is 12.4 Å². The van der Waals surface area contributed by atoms with Gasteiger partial charge in [0, 0.05) is 51.6 Å². The summed E-state index contributed by atoms with van der Waals surface area (Å²) in [6, 6.07) is 9.97. The van der Waals surface area contributed by atoms with Gasteiger partial charge in [-0.1, -0.05) is 6.07 Å². The maximum absolute atomic E-state index is 12.9. The molecule has 2 aromatic carbocycles. The Morgan fingerprint density at radius 2 is 1.59 bits per heavy atom. The van der Waals surface area contributed by atoms with E-state index in [1.165, 1.54) is 22.3 Å². The van der Waals surface area contributed by atoms with Crippen molar-refractivity contribution in [3.8, 4) is 17.2 Å². The molecule has 2 aromatic rings. The summed E-state index contributed by atoms with van der Waals surface area (Å²) in [6.07, 6.45) is 2.74. The zero-order chi connectivity index (χ0) is 26.5. The molecule has 1 N–H and O–H groups in total. The number of hydrogen-bond donors (Lipinski definition) is 1. The molecule has 1 fully saturated rings. The van der Waals surface area contributed by atoms with E-state index in [1.54, 1.807) is 19.1 Å². The Morgan fingerprint density at radius 1 is 0.923 bits per heavy atom. The van der Waals surface area contributed by atoms with Crippen LogP contribution in [0.1, 0.15) is 34.6 Å². The fourth-order valence-corrected chi connectivity index (χ4v) is 5.49. The van der Waals surface area contributed by atoms with E-state index in [1.807, 2.05) is 29.2 Å². The molecule has 9 nitrogen and oxygen atoms in total. The highest BCUT2D eigenvalue weighted by molar-refractivity contribution is 5.85. The van der Waals surface area contributed by atoms with E-state index in [-0.39, 0.29) is 24.4 Å². The number of methoxy groups -OCH3 is 2. The molecule has 1 unspecified atom stereocenters. The molecule has 39 heavy (non-hydrogen) atoms. The molecule has 0 saturated carbocycles. The third-order valence-corrected chi connectivity index (χ3v) is 7.76. The standard InChI is InChI=1S/C29H37N3O6.ClH/c1-35-26-17-20-6-9-31(10-7-21(20)18-27(26)36-2)28(33)5-8-30-19-23-15-22-16-24(3-4-25(22)23)38-29(34)32-11-13-37-14-12-32;/h3-4,16-18,23,30H,5-15,19H2,1-2H3;1H. The first kappa shape index (κ1) is 29.0. The highest BCUT2D eigenvalue weighted by Gasteiger charge is 2.27. The molecular formula is C29H38ClN3O6. The maximum Gasteiger partial charge on any atom is 0.415 e. The van der Waals surface area contributed by atoms with E-state index in [0.717, 1.165) is 50.4 Å². The molecule has 2 heterocycles. The van der Waals surface area contributed by atoms with Crippen LogP contribution < -0.4 is 19.5 Å².